The van der Waals surface area contributed by atoms with Gasteiger partial charge in [-0.25, -0.2) is 0 Å². The summed E-state index contributed by atoms with van der Waals surface area (Å²) in [7, 11) is 3.31. The molecule has 2 N–H and O–H groups in total. The summed E-state index contributed by atoms with van der Waals surface area (Å²) >= 11 is 0. The Labute approximate surface area is 150 Å². The maximum Gasteiger partial charge on any atom is 0.223 e. The number of benzene rings is 1. The third kappa shape index (κ3) is 5.34. The summed E-state index contributed by atoms with van der Waals surface area (Å²) in [6.45, 7) is 6.13. The minimum Gasteiger partial charge on any atom is -0.497 e. The molecule has 0 spiro atoms. The average molecular weight is 350 g/mol. The van der Waals surface area contributed by atoms with Gasteiger partial charge in [0, 0.05) is 24.1 Å². The van der Waals surface area contributed by atoms with Crippen molar-refractivity contribution in [3.63, 3.8) is 0 Å². The van der Waals surface area contributed by atoms with E-state index in [4.69, 9.17) is 9.47 Å². The van der Waals surface area contributed by atoms with Crippen LogP contribution >= 0.6 is 0 Å². The largest absolute Gasteiger partial charge is 0.497 e. The maximum absolute atomic E-state index is 12.3. The van der Waals surface area contributed by atoms with Gasteiger partial charge in [-0.1, -0.05) is 6.07 Å². The quantitative estimate of drug-likeness (QED) is 0.785. The number of aliphatic hydroxyl groups is 1. The second kappa shape index (κ2) is 8.54. The summed E-state index contributed by atoms with van der Waals surface area (Å²) in [6.07, 6.45) is 1.65. The van der Waals surface area contributed by atoms with Crippen molar-refractivity contribution in [3.05, 3.63) is 23.8 Å². The number of amides is 1. The van der Waals surface area contributed by atoms with Crippen molar-refractivity contribution in [2.45, 2.75) is 38.8 Å². The van der Waals surface area contributed by atoms with Crippen molar-refractivity contribution in [3.8, 4) is 11.5 Å². The van der Waals surface area contributed by atoms with Crippen LogP contribution in [0.5, 0.6) is 11.5 Å². The van der Waals surface area contributed by atoms with E-state index >= 15 is 0 Å². The highest BCUT2D eigenvalue weighted by Crippen LogP contribution is 2.27. The fourth-order valence-corrected chi connectivity index (χ4v) is 3.05. The summed E-state index contributed by atoms with van der Waals surface area (Å²) in [5, 5.41) is 12.2. The number of likely N-dealkylation sites (tertiary alicyclic amines) is 1. The molecule has 0 aromatic heterocycles. The number of hydrogen-bond acceptors (Lipinski definition) is 5. The number of aliphatic hydroxyl groups excluding tert-OH is 1. The topological polar surface area (TPSA) is 71.0 Å². The van der Waals surface area contributed by atoms with Gasteiger partial charge in [-0.3, -0.25) is 9.69 Å². The first-order chi connectivity index (χ1) is 11.9. The smallest absolute Gasteiger partial charge is 0.223 e. The summed E-state index contributed by atoms with van der Waals surface area (Å²) < 4.78 is 10.7. The first-order valence-electron chi connectivity index (χ1n) is 8.74. The van der Waals surface area contributed by atoms with E-state index in [1.807, 2.05) is 32.0 Å². The predicted octanol–water partition coefficient (Wildman–Crippen LogP) is 1.80. The summed E-state index contributed by atoms with van der Waals surface area (Å²) in [5.74, 6) is 1.66. The predicted molar refractivity (Wildman–Crippen MR) is 96.9 cm³/mol. The average Bonchev–Trinajstić information content (AvgIpc) is 2.62. The molecule has 1 amide bonds. The van der Waals surface area contributed by atoms with E-state index in [1.165, 1.54) is 0 Å². The van der Waals surface area contributed by atoms with Crippen LogP contribution in [0.3, 0.4) is 0 Å². The molecule has 0 bridgehead atoms. The third-order valence-corrected chi connectivity index (χ3v) is 4.70. The Bertz CT molecular complexity index is 581. The number of hydrogen-bond donors (Lipinski definition) is 2. The standard InChI is InChI=1S/C19H30N2O4/c1-19(2,13-22)20-18(23)14-7-9-21(10-8-14)12-15-5-6-16(24-3)11-17(15)25-4/h5-6,11,14,22H,7-10,12-13H2,1-4H3,(H,20,23). The SMILES string of the molecule is COc1ccc(CN2CCC(C(=O)NC(C)(C)CO)CC2)c(OC)c1. The van der Waals surface area contributed by atoms with Crippen LogP contribution in [0, 0.1) is 5.92 Å². The molecule has 1 aromatic rings. The van der Waals surface area contributed by atoms with Crippen molar-refractivity contribution in [1.82, 2.24) is 10.2 Å². The Morgan fingerprint density at radius 2 is 1.96 bits per heavy atom. The summed E-state index contributed by atoms with van der Waals surface area (Å²) in [5.41, 5.74) is 0.553. The van der Waals surface area contributed by atoms with Gasteiger partial charge in [0.15, 0.2) is 0 Å². The fourth-order valence-electron chi connectivity index (χ4n) is 3.05. The van der Waals surface area contributed by atoms with E-state index in [1.54, 1.807) is 14.2 Å². The number of nitrogens with zero attached hydrogens (tertiary/aromatic N) is 1. The zero-order chi connectivity index (χ0) is 18.4. The van der Waals surface area contributed by atoms with Crippen LogP contribution in [0.15, 0.2) is 18.2 Å². The molecule has 1 aliphatic rings. The van der Waals surface area contributed by atoms with Crippen molar-refractivity contribution in [2.24, 2.45) is 5.92 Å². The molecule has 140 valence electrons. The summed E-state index contributed by atoms with van der Waals surface area (Å²) in [4.78, 5) is 14.7. The van der Waals surface area contributed by atoms with Crippen LogP contribution in [-0.2, 0) is 11.3 Å². The third-order valence-electron chi connectivity index (χ3n) is 4.70. The van der Waals surface area contributed by atoms with Crippen molar-refractivity contribution in [2.75, 3.05) is 33.9 Å². The van der Waals surface area contributed by atoms with Gasteiger partial charge in [0.1, 0.15) is 11.5 Å². The fraction of sp³-hybridized carbons (Fsp3) is 0.632. The van der Waals surface area contributed by atoms with Crippen molar-refractivity contribution < 1.29 is 19.4 Å². The molecule has 0 saturated carbocycles. The second-order valence-corrected chi connectivity index (χ2v) is 7.26. The lowest BCUT2D eigenvalue weighted by Crippen LogP contribution is -2.50. The minimum absolute atomic E-state index is 0.0137. The minimum atomic E-state index is -0.565. The number of carbonyl (C=O) groups is 1. The monoisotopic (exact) mass is 350 g/mol. The van der Waals surface area contributed by atoms with Gasteiger partial charge in [0.25, 0.3) is 0 Å². The zero-order valence-corrected chi connectivity index (χ0v) is 15.7. The lowest BCUT2D eigenvalue weighted by Gasteiger charge is -2.33. The molecule has 1 heterocycles. The normalized spacial score (nSPS) is 16.5. The maximum atomic E-state index is 12.3. The van der Waals surface area contributed by atoms with Gasteiger partial charge >= 0.3 is 0 Å². The first kappa shape index (κ1) is 19.5. The molecule has 2 rings (SSSR count). The number of carbonyl (C=O) groups excluding carboxylic acids is 1. The van der Waals surface area contributed by atoms with Crippen LogP contribution in [0.4, 0.5) is 0 Å². The van der Waals surface area contributed by atoms with Gasteiger partial charge in [-0.05, 0) is 45.8 Å². The van der Waals surface area contributed by atoms with E-state index in [-0.39, 0.29) is 18.4 Å². The molecular weight excluding hydrogens is 320 g/mol. The number of piperidine rings is 1. The Balaban J connectivity index is 1.89. The highest BCUT2D eigenvalue weighted by molar-refractivity contribution is 5.79. The van der Waals surface area contributed by atoms with Gasteiger partial charge in [0.05, 0.1) is 26.4 Å². The molecule has 1 saturated heterocycles. The highest BCUT2D eigenvalue weighted by Gasteiger charge is 2.28. The molecule has 6 nitrogen and oxygen atoms in total. The van der Waals surface area contributed by atoms with E-state index < -0.39 is 5.54 Å². The highest BCUT2D eigenvalue weighted by atomic mass is 16.5. The molecular formula is C19H30N2O4. The molecule has 1 aromatic carbocycles. The molecule has 0 atom stereocenters. The lowest BCUT2D eigenvalue weighted by molar-refractivity contribution is -0.128. The number of methoxy groups -OCH3 is 2. The molecule has 0 aliphatic carbocycles. The van der Waals surface area contributed by atoms with E-state index in [9.17, 15) is 9.90 Å². The molecule has 6 heteroatoms. The molecule has 0 unspecified atom stereocenters. The van der Waals surface area contributed by atoms with Crippen LogP contribution in [0.2, 0.25) is 0 Å². The van der Waals surface area contributed by atoms with Crippen LogP contribution in [0.1, 0.15) is 32.3 Å². The van der Waals surface area contributed by atoms with Gasteiger partial charge in [-0.2, -0.15) is 0 Å². The van der Waals surface area contributed by atoms with E-state index in [0.717, 1.165) is 49.5 Å². The Hall–Kier alpha value is -1.79. The Kier molecular flexibility index (Phi) is 6.67. The number of rotatable bonds is 7. The molecule has 0 radical (unpaired) electrons. The van der Waals surface area contributed by atoms with Crippen molar-refractivity contribution >= 4 is 5.91 Å². The van der Waals surface area contributed by atoms with Gasteiger partial charge in [-0.15, -0.1) is 0 Å². The summed E-state index contributed by atoms with van der Waals surface area (Å²) in [6, 6.07) is 5.86. The van der Waals surface area contributed by atoms with Gasteiger partial charge < -0.3 is 19.9 Å². The molecule has 1 fully saturated rings. The van der Waals surface area contributed by atoms with Crippen molar-refractivity contribution in [1.29, 1.82) is 0 Å². The van der Waals surface area contributed by atoms with E-state index in [2.05, 4.69) is 10.2 Å². The number of nitrogens with one attached hydrogen (secondary N) is 1. The lowest BCUT2D eigenvalue weighted by atomic mass is 9.94. The first-order valence-corrected chi connectivity index (χ1v) is 8.74. The molecule has 25 heavy (non-hydrogen) atoms. The van der Waals surface area contributed by atoms with Crippen LogP contribution in [-0.4, -0.2) is 55.4 Å². The Morgan fingerprint density at radius 1 is 1.28 bits per heavy atom. The molecule has 1 aliphatic heterocycles. The van der Waals surface area contributed by atoms with E-state index in [0.29, 0.717) is 0 Å². The van der Waals surface area contributed by atoms with Crippen LogP contribution in [0.25, 0.3) is 0 Å². The van der Waals surface area contributed by atoms with Gasteiger partial charge in [0.2, 0.25) is 5.91 Å². The zero-order valence-electron chi connectivity index (χ0n) is 15.7. The number of ether oxygens (including phenoxy) is 2. The van der Waals surface area contributed by atoms with Crippen LogP contribution < -0.4 is 14.8 Å². The second-order valence-electron chi connectivity index (χ2n) is 7.26. The Morgan fingerprint density at radius 3 is 2.52 bits per heavy atom.